The Morgan fingerprint density at radius 1 is 1.13 bits per heavy atom. The Bertz CT molecular complexity index is 677. The SMILES string of the molecule is CCNC(=O)CC[C@H](C)[C@@H]1CC[C@@H]2[C@H]3CC(=O)[C@H]4C[C@@H](O)CC[C@@]4(C)[C@@H]3CC[C@]21C. The second kappa shape index (κ2) is 8.22. The Balaban J connectivity index is 1.49. The third-order valence-corrected chi connectivity index (χ3v) is 10.4. The number of carbonyl (C=O) groups is 2. The van der Waals surface area contributed by atoms with E-state index in [4.69, 9.17) is 0 Å². The number of hydrogen-bond donors (Lipinski definition) is 2. The fourth-order valence-corrected chi connectivity index (χ4v) is 8.84. The van der Waals surface area contributed by atoms with Crippen molar-refractivity contribution < 1.29 is 14.7 Å². The van der Waals surface area contributed by atoms with Gasteiger partial charge in [0.1, 0.15) is 5.78 Å². The van der Waals surface area contributed by atoms with Crippen LogP contribution in [-0.4, -0.2) is 29.4 Å². The van der Waals surface area contributed by atoms with Crippen molar-refractivity contribution in [1.29, 1.82) is 0 Å². The molecule has 4 nitrogen and oxygen atoms in total. The lowest BCUT2D eigenvalue weighted by molar-refractivity contribution is -0.160. The van der Waals surface area contributed by atoms with Gasteiger partial charge in [-0.25, -0.2) is 0 Å². The van der Waals surface area contributed by atoms with E-state index in [0.717, 1.165) is 25.7 Å². The molecule has 4 aliphatic rings. The maximum absolute atomic E-state index is 13.2. The predicted octanol–water partition coefficient (Wildman–Crippen LogP) is 4.74. The van der Waals surface area contributed by atoms with Crippen LogP contribution in [0, 0.1) is 46.3 Å². The molecule has 4 heteroatoms. The van der Waals surface area contributed by atoms with Crippen LogP contribution in [0.4, 0.5) is 0 Å². The Morgan fingerprint density at radius 2 is 1.83 bits per heavy atom. The number of amides is 1. The highest BCUT2D eigenvalue weighted by Gasteiger charge is 2.62. The zero-order valence-electron chi connectivity index (χ0n) is 19.6. The normalized spacial score (nSPS) is 46.5. The third kappa shape index (κ3) is 3.55. The maximum Gasteiger partial charge on any atom is 0.219 e. The summed E-state index contributed by atoms with van der Waals surface area (Å²) in [6, 6.07) is 0. The van der Waals surface area contributed by atoms with Crippen LogP contribution in [0.5, 0.6) is 0 Å². The highest BCUT2D eigenvalue weighted by Crippen LogP contribution is 2.67. The summed E-state index contributed by atoms with van der Waals surface area (Å²) in [5.74, 6) is 3.78. The van der Waals surface area contributed by atoms with Gasteiger partial charge in [-0.15, -0.1) is 0 Å². The van der Waals surface area contributed by atoms with E-state index < -0.39 is 0 Å². The summed E-state index contributed by atoms with van der Waals surface area (Å²) in [6.45, 7) is 9.94. The van der Waals surface area contributed by atoms with E-state index in [0.29, 0.717) is 60.2 Å². The van der Waals surface area contributed by atoms with Crippen LogP contribution >= 0.6 is 0 Å². The molecule has 4 fully saturated rings. The van der Waals surface area contributed by atoms with E-state index in [1.54, 1.807) is 0 Å². The minimum absolute atomic E-state index is 0.0834. The summed E-state index contributed by atoms with van der Waals surface area (Å²) < 4.78 is 0. The maximum atomic E-state index is 13.2. The number of Topliss-reactive ketones (excluding diaryl/α,β-unsaturated/α-hetero) is 1. The first kappa shape index (κ1) is 22.3. The van der Waals surface area contributed by atoms with Crippen LogP contribution in [0.25, 0.3) is 0 Å². The van der Waals surface area contributed by atoms with Crippen molar-refractivity contribution in [3.8, 4) is 0 Å². The quantitative estimate of drug-likeness (QED) is 0.679. The van der Waals surface area contributed by atoms with Crippen LogP contribution < -0.4 is 5.32 Å². The molecule has 2 N–H and O–H groups in total. The molecule has 0 spiro atoms. The Labute approximate surface area is 183 Å². The Hall–Kier alpha value is -0.900. The van der Waals surface area contributed by atoms with Crippen LogP contribution in [0.2, 0.25) is 0 Å². The van der Waals surface area contributed by atoms with Crippen molar-refractivity contribution in [2.75, 3.05) is 6.54 Å². The summed E-state index contributed by atoms with van der Waals surface area (Å²) >= 11 is 0. The van der Waals surface area contributed by atoms with Gasteiger partial charge in [0.05, 0.1) is 6.10 Å². The molecule has 0 aromatic rings. The van der Waals surface area contributed by atoms with Gasteiger partial charge in [0.15, 0.2) is 0 Å². The van der Waals surface area contributed by atoms with E-state index in [2.05, 4.69) is 26.1 Å². The second-order valence-corrected chi connectivity index (χ2v) is 11.7. The molecule has 0 heterocycles. The lowest BCUT2D eigenvalue weighted by atomic mass is 9.44. The molecule has 170 valence electrons. The van der Waals surface area contributed by atoms with Gasteiger partial charge < -0.3 is 10.4 Å². The van der Waals surface area contributed by atoms with Crippen molar-refractivity contribution in [1.82, 2.24) is 5.32 Å². The lowest BCUT2D eigenvalue weighted by Gasteiger charge is -2.60. The average molecular weight is 418 g/mol. The van der Waals surface area contributed by atoms with Gasteiger partial charge in [-0.1, -0.05) is 20.8 Å². The van der Waals surface area contributed by atoms with Crippen molar-refractivity contribution >= 4 is 11.7 Å². The van der Waals surface area contributed by atoms with Crippen molar-refractivity contribution in [2.24, 2.45) is 46.3 Å². The zero-order chi connectivity index (χ0) is 21.7. The molecule has 9 atom stereocenters. The van der Waals surface area contributed by atoms with Crippen molar-refractivity contribution in [3.05, 3.63) is 0 Å². The molecule has 4 saturated carbocycles. The summed E-state index contributed by atoms with van der Waals surface area (Å²) in [5.41, 5.74) is 0.419. The fraction of sp³-hybridized carbons (Fsp3) is 0.923. The number of ketones is 1. The third-order valence-electron chi connectivity index (χ3n) is 10.4. The standard InChI is InChI=1S/C26H43NO3/c1-5-27-24(30)9-6-16(2)19-7-8-20-18-15-23(29)22-14-17(28)10-12-26(22,4)21(18)11-13-25(19,20)3/h16-22,28H,5-15H2,1-4H3,(H,27,30)/t16-,17-,18+,19-,20+,21+,22+,25-,26-/m0/s1. The van der Waals surface area contributed by atoms with E-state index in [-0.39, 0.29) is 23.3 Å². The first-order valence-electron chi connectivity index (χ1n) is 12.7. The first-order valence-corrected chi connectivity index (χ1v) is 12.7. The van der Waals surface area contributed by atoms with Gasteiger partial charge in [0, 0.05) is 25.3 Å². The number of fused-ring (bicyclic) bond motifs is 5. The zero-order valence-corrected chi connectivity index (χ0v) is 19.6. The molecule has 0 aliphatic heterocycles. The lowest BCUT2D eigenvalue weighted by Crippen LogP contribution is -2.57. The minimum atomic E-state index is -0.279. The number of hydrogen-bond acceptors (Lipinski definition) is 3. The number of carbonyl (C=O) groups excluding carboxylic acids is 2. The smallest absolute Gasteiger partial charge is 0.219 e. The topological polar surface area (TPSA) is 66.4 Å². The molecule has 0 saturated heterocycles. The van der Waals surface area contributed by atoms with Gasteiger partial charge in [0.2, 0.25) is 5.91 Å². The fourth-order valence-electron chi connectivity index (χ4n) is 8.84. The van der Waals surface area contributed by atoms with Gasteiger partial charge in [-0.05, 0) is 98.7 Å². The minimum Gasteiger partial charge on any atom is -0.393 e. The molecule has 30 heavy (non-hydrogen) atoms. The van der Waals surface area contributed by atoms with Crippen LogP contribution in [0.3, 0.4) is 0 Å². The largest absolute Gasteiger partial charge is 0.393 e. The van der Waals surface area contributed by atoms with Crippen LogP contribution in [0.15, 0.2) is 0 Å². The molecule has 4 aliphatic carbocycles. The van der Waals surface area contributed by atoms with Crippen molar-refractivity contribution in [3.63, 3.8) is 0 Å². The monoisotopic (exact) mass is 417 g/mol. The molecule has 0 aromatic carbocycles. The number of nitrogens with one attached hydrogen (secondary N) is 1. The molecule has 0 bridgehead atoms. The van der Waals surface area contributed by atoms with Gasteiger partial charge in [-0.2, -0.15) is 0 Å². The Morgan fingerprint density at radius 3 is 2.57 bits per heavy atom. The summed E-state index contributed by atoms with van der Waals surface area (Å²) in [5, 5.41) is 13.1. The first-order chi connectivity index (χ1) is 14.2. The highest BCUT2D eigenvalue weighted by atomic mass is 16.3. The molecular weight excluding hydrogens is 374 g/mol. The van der Waals surface area contributed by atoms with E-state index in [1.807, 2.05) is 6.92 Å². The van der Waals surface area contributed by atoms with Crippen molar-refractivity contribution in [2.45, 2.75) is 98.0 Å². The highest BCUT2D eigenvalue weighted by molar-refractivity contribution is 5.83. The second-order valence-electron chi connectivity index (χ2n) is 11.7. The summed E-state index contributed by atoms with van der Waals surface area (Å²) in [4.78, 5) is 25.2. The van der Waals surface area contributed by atoms with E-state index in [1.165, 1.54) is 25.7 Å². The van der Waals surface area contributed by atoms with Gasteiger partial charge in [0.25, 0.3) is 0 Å². The molecule has 0 unspecified atom stereocenters. The van der Waals surface area contributed by atoms with Gasteiger partial charge >= 0.3 is 0 Å². The predicted molar refractivity (Wildman–Crippen MR) is 119 cm³/mol. The number of rotatable bonds is 5. The average Bonchev–Trinajstić information content (AvgIpc) is 3.05. The van der Waals surface area contributed by atoms with Crippen LogP contribution in [-0.2, 0) is 9.59 Å². The van der Waals surface area contributed by atoms with Crippen LogP contribution in [0.1, 0.15) is 91.9 Å². The molecule has 4 rings (SSSR count). The van der Waals surface area contributed by atoms with E-state index >= 15 is 0 Å². The van der Waals surface area contributed by atoms with E-state index in [9.17, 15) is 14.7 Å². The van der Waals surface area contributed by atoms with Gasteiger partial charge in [-0.3, -0.25) is 9.59 Å². The summed E-state index contributed by atoms with van der Waals surface area (Å²) in [7, 11) is 0. The molecule has 0 aromatic heterocycles. The Kier molecular flexibility index (Phi) is 6.11. The molecular formula is C26H43NO3. The molecule has 1 amide bonds. The summed E-state index contributed by atoms with van der Waals surface area (Å²) in [6.07, 6.45) is 9.69. The number of aliphatic hydroxyl groups is 1. The molecule has 0 radical (unpaired) electrons. The number of aliphatic hydroxyl groups excluding tert-OH is 1.